The lowest BCUT2D eigenvalue weighted by atomic mass is 9.83. The molecule has 2 atom stereocenters. The first-order valence-electron chi connectivity index (χ1n) is 14.3. The number of carbonyl (C=O) groups excluding carboxylic acids is 1. The van der Waals surface area contributed by atoms with Gasteiger partial charge in [-0.2, -0.15) is 0 Å². The SMILES string of the molecule is Cc1cc(C)cc(Oc2c(C)cc(C(CBr)C(=O)C(CBr)c3cc(C)c(Oc4cc(C)cc(C)c4)c(C)c3)cc2C)c1. The van der Waals surface area contributed by atoms with Crippen LogP contribution in [0, 0.1) is 55.4 Å². The third-order valence-electron chi connectivity index (χ3n) is 7.60. The smallest absolute Gasteiger partial charge is 0.149 e. The predicted molar refractivity (Wildman–Crippen MR) is 182 cm³/mol. The van der Waals surface area contributed by atoms with Crippen molar-refractivity contribution in [2.24, 2.45) is 0 Å². The summed E-state index contributed by atoms with van der Waals surface area (Å²) in [7, 11) is 0. The summed E-state index contributed by atoms with van der Waals surface area (Å²) < 4.78 is 12.7. The largest absolute Gasteiger partial charge is 0.457 e. The maximum atomic E-state index is 14.1. The third-order valence-corrected chi connectivity index (χ3v) is 8.89. The quantitative estimate of drug-likeness (QED) is 0.155. The first-order chi connectivity index (χ1) is 19.9. The fourth-order valence-corrected chi connectivity index (χ4v) is 7.20. The summed E-state index contributed by atoms with van der Waals surface area (Å²) in [6.07, 6.45) is 0. The Morgan fingerprint density at radius 2 is 0.810 bits per heavy atom. The molecule has 0 aliphatic heterocycles. The van der Waals surface area contributed by atoms with Gasteiger partial charge in [-0.3, -0.25) is 4.79 Å². The van der Waals surface area contributed by atoms with Crippen molar-refractivity contribution in [3.8, 4) is 23.0 Å². The van der Waals surface area contributed by atoms with Crippen molar-refractivity contribution >= 4 is 37.6 Å². The van der Waals surface area contributed by atoms with E-state index in [1.807, 2.05) is 52.0 Å². The van der Waals surface area contributed by atoms with Gasteiger partial charge in [0.25, 0.3) is 0 Å². The van der Waals surface area contributed by atoms with Gasteiger partial charge in [-0.1, -0.05) is 68.3 Å². The van der Waals surface area contributed by atoms with E-state index in [2.05, 4.69) is 96.0 Å². The van der Waals surface area contributed by atoms with Crippen LogP contribution in [0.3, 0.4) is 0 Å². The number of ketones is 1. The molecule has 0 heterocycles. The molecule has 0 fully saturated rings. The molecule has 5 heteroatoms. The van der Waals surface area contributed by atoms with Crippen LogP contribution in [0.15, 0.2) is 60.7 Å². The van der Waals surface area contributed by atoms with E-state index in [0.717, 1.165) is 78.6 Å². The van der Waals surface area contributed by atoms with Gasteiger partial charge in [0.05, 0.1) is 11.8 Å². The minimum absolute atomic E-state index is 0.173. The molecule has 0 N–H and O–H groups in total. The average Bonchev–Trinajstić information content (AvgIpc) is 2.88. The van der Waals surface area contributed by atoms with Gasteiger partial charge in [-0.05, 0) is 135 Å². The molecule has 42 heavy (non-hydrogen) atoms. The number of aryl methyl sites for hydroxylation is 8. The van der Waals surface area contributed by atoms with Gasteiger partial charge in [0.15, 0.2) is 0 Å². The molecule has 4 rings (SSSR count). The standard InChI is InChI=1S/C37H40Br2O3/c1-21-9-22(2)12-31(11-21)41-36-25(5)15-29(16-26(36)6)33(19-38)35(40)34(20-39)30-17-27(7)37(28(8)18-30)42-32-13-23(3)10-24(4)14-32/h9-18,33-34H,19-20H2,1-8H3. The van der Waals surface area contributed by atoms with Gasteiger partial charge in [-0.15, -0.1) is 0 Å². The lowest BCUT2D eigenvalue weighted by Gasteiger charge is -2.24. The Bertz CT molecular complexity index is 1420. The van der Waals surface area contributed by atoms with E-state index in [1.54, 1.807) is 0 Å². The van der Waals surface area contributed by atoms with Gasteiger partial charge in [0.2, 0.25) is 0 Å². The molecular formula is C37H40Br2O3. The maximum absolute atomic E-state index is 14.1. The number of hydrogen-bond acceptors (Lipinski definition) is 3. The minimum atomic E-state index is -0.299. The van der Waals surface area contributed by atoms with Crippen LogP contribution in [-0.2, 0) is 4.79 Å². The van der Waals surface area contributed by atoms with Crippen molar-refractivity contribution in [1.82, 2.24) is 0 Å². The summed E-state index contributed by atoms with van der Waals surface area (Å²) in [5.74, 6) is 2.91. The van der Waals surface area contributed by atoms with Crippen molar-refractivity contribution in [3.05, 3.63) is 116 Å². The van der Waals surface area contributed by atoms with Gasteiger partial charge >= 0.3 is 0 Å². The van der Waals surface area contributed by atoms with Crippen molar-refractivity contribution in [2.75, 3.05) is 10.7 Å². The van der Waals surface area contributed by atoms with Crippen LogP contribution in [-0.4, -0.2) is 16.4 Å². The Morgan fingerprint density at radius 1 is 0.524 bits per heavy atom. The summed E-state index contributed by atoms with van der Waals surface area (Å²) in [5.41, 5.74) is 10.7. The van der Waals surface area contributed by atoms with Crippen LogP contribution >= 0.6 is 31.9 Å². The van der Waals surface area contributed by atoms with E-state index in [4.69, 9.17) is 9.47 Å². The number of alkyl halides is 2. The Labute approximate surface area is 267 Å². The molecule has 0 saturated heterocycles. The van der Waals surface area contributed by atoms with E-state index in [9.17, 15) is 4.79 Å². The Kier molecular flexibility index (Phi) is 10.4. The molecule has 0 spiro atoms. The van der Waals surface area contributed by atoms with Crippen LogP contribution in [0.4, 0.5) is 0 Å². The summed E-state index contributed by atoms with van der Waals surface area (Å²) in [6, 6.07) is 20.8. The zero-order chi connectivity index (χ0) is 30.7. The Hall–Kier alpha value is -2.89. The van der Waals surface area contributed by atoms with Crippen LogP contribution < -0.4 is 9.47 Å². The lowest BCUT2D eigenvalue weighted by Crippen LogP contribution is -2.23. The fraction of sp³-hybridized carbons (Fsp3) is 0.324. The second kappa shape index (κ2) is 13.6. The van der Waals surface area contributed by atoms with Crippen molar-refractivity contribution < 1.29 is 14.3 Å². The van der Waals surface area contributed by atoms with Crippen LogP contribution in [0.25, 0.3) is 0 Å². The minimum Gasteiger partial charge on any atom is -0.457 e. The molecule has 0 radical (unpaired) electrons. The van der Waals surface area contributed by atoms with Gasteiger partial charge in [0.1, 0.15) is 28.8 Å². The highest BCUT2D eigenvalue weighted by atomic mass is 79.9. The van der Waals surface area contributed by atoms with E-state index in [-0.39, 0.29) is 17.6 Å². The first-order valence-corrected chi connectivity index (χ1v) is 16.5. The fourth-order valence-electron chi connectivity index (χ4n) is 5.81. The van der Waals surface area contributed by atoms with Crippen molar-refractivity contribution in [3.63, 3.8) is 0 Å². The monoisotopic (exact) mass is 690 g/mol. The zero-order valence-electron chi connectivity index (χ0n) is 25.8. The number of ether oxygens (including phenoxy) is 2. The zero-order valence-corrected chi connectivity index (χ0v) is 29.0. The number of hydrogen-bond donors (Lipinski definition) is 0. The number of carbonyl (C=O) groups is 1. The van der Waals surface area contributed by atoms with E-state index >= 15 is 0 Å². The first kappa shape index (κ1) is 32.0. The molecule has 0 amide bonds. The van der Waals surface area contributed by atoms with Crippen LogP contribution in [0.1, 0.15) is 67.5 Å². The predicted octanol–water partition coefficient (Wildman–Crippen LogP) is 11.0. The highest BCUT2D eigenvalue weighted by molar-refractivity contribution is 9.09. The average molecular weight is 693 g/mol. The number of rotatable bonds is 10. The summed E-state index contributed by atoms with van der Waals surface area (Å²) in [6.45, 7) is 16.5. The maximum Gasteiger partial charge on any atom is 0.149 e. The third kappa shape index (κ3) is 7.36. The Morgan fingerprint density at radius 3 is 1.07 bits per heavy atom. The van der Waals surface area contributed by atoms with E-state index in [0.29, 0.717) is 10.7 Å². The number of benzene rings is 4. The second-order valence-electron chi connectivity index (χ2n) is 11.6. The molecule has 0 aliphatic carbocycles. The lowest BCUT2D eigenvalue weighted by molar-refractivity contribution is -0.121. The van der Waals surface area contributed by atoms with Gasteiger partial charge in [-0.25, -0.2) is 0 Å². The molecule has 220 valence electrons. The summed E-state index contributed by atoms with van der Waals surface area (Å²) >= 11 is 7.32. The second-order valence-corrected chi connectivity index (χ2v) is 12.9. The van der Waals surface area contributed by atoms with Gasteiger partial charge in [0, 0.05) is 10.7 Å². The normalized spacial score (nSPS) is 12.6. The highest BCUT2D eigenvalue weighted by Crippen LogP contribution is 2.38. The number of Topliss-reactive ketones (excluding diaryl/α,β-unsaturated/α-hetero) is 1. The van der Waals surface area contributed by atoms with Crippen molar-refractivity contribution in [1.29, 1.82) is 0 Å². The molecular weight excluding hydrogens is 652 g/mol. The van der Waals surface area contributed by atoms with E-state index < -0.39 is 0 Å². The molecule has 0 aromatic heterocycles. The molecule has 0 saturated carbocycles. The molecule has 0 aliphatic rings. The topological polar surface area (TPSA) is 35.5 Å². The molecule has 4 aromatic rings. The Balaban J connectivity index is 1.61. The molecule has 3 nitrogen and oxygen atoms in total. The molecule has 4 aromatic carbocycles. The molecule has 2 unspecified atom stereocenters. The summed E-state index contributed by atoms with van der Waals surface area (Å²) in [4.78, 5) is 14.1. The van der Waals surface area contributed by atoms with E-state index in [1.165, 1.54) is 0 Å². The summed E-state index contributed by atoms with van der Waals surface area (Å²) in [5, 5.41) is 1.08. The van der Waals surface area contributed by atoms with Crippen LogP contribution in [0.5, 0.6) is 23.0 Å². The van der Waals surface area contributed by atoms with Crippen molar-refractivity contribution in [2.45, 2.75) is 67.2 Å². The number of halogens is 2. The van der Waals surface area contributed by atoms with Crippen LogP contribution in [0.2, 0.25) is 0 Å². The highest BCUT2D eigenvalue weighted by Gasteiger charge is 2.30. The molecule has 0 bridgehead atoms. The van der Waals surface area contributed by atoms with Gasteiger partial charge < -0.3 is 9.47 Å².